The minimum absolute atomic E-state index is 0.0252. The number of anilines is 1. The lowest BCUT2D eigenvalue weighted by Crippen LogP contribution is -2.44. The van der Waals surface area contributed by atoms with E-state index >= 15 is 0 Å². The highest BCUT2D eigenvalue weighted by Gasteiger charge is 2.46. The first-order valence-corrected chi connectivity index (χ1v) is 10.5. The average Bonchev–Trinajstić information content (AvgIpc) is 3.03. The van der Waals surface area contributed by atoms with E-state index in [-0.39, 0.29) is 16.7 Å². The van der Waals surface area contributed by atoms with E-state index in [0.29, 0.717) is 0 Å². The van der Waals surface area contributed by atoms with E-state index in [1.165, 1.54) is 11.1 Å². The number of fused-ring (bicyclic) bond motifs is 2. The molecule has 0 saturated carbocycles. The second kappa shape index (κ2) is 7.17. The Bertz CT molecular complexity index is 903. The fourth-order valence-corrected chi connectivity index (χ4v) is 4.70. The van der Waals surface area contributed by atoms with E-state index in [0.717, 1.165) is 49.5 Å². The zero-order valence-electron chi connectivity index (χ0n) is 18.3. The van der Waals surface area contributed by atoms with Gasteiger partial charge in [0.25, 0.3) is 5.91 Å². The summed E-state index contributed by atoms with van der Waals surface area (Å²) in [6.07, 6.45) is 2.13. The third kappa shape index (κ3) is 3.55. The number of piperidine rings is 1. The maximum Gasteiger partial charge on any atom is 0.258 e. The van der Waals surface area contributed by atoms with Crippen LogP contribution in [0.4, 0.5) is 5.69 Å². The summed E-state index contributed by atoms with van der Waals surface area (Å²) >= 11 is 0. The van der Waals surface area contributed by atoms with Crippen LogP contribution in [0.1, 0.15) is 55.1 Å². The smallest absolute Gasteiger partial charge is 0.258 e. The number of methoxy groups -OCH3 is 1. The van der Waals surface area contributed by atoms with Gasteiger partial charge in [-0.25, -0.2) is 0 Å². The molecule has 1 spiro atoms. The van der Waals surface area contributed by atoms with E-state index < -0.39 is 0 Å². The van der Waals surface area contributed by atoms with Crippen molar-refractivity contribution in [2.45, 2.75) is 44.4 Å². The Morgan fingerprint density at radius 3 is 2.28 bits per heavy atom. The largest absolute Gasteiger partial charge is 0.497 e. The highest BCUT2D eigenvalue weighted by molar-refractivity contribution is 6.07. The molecule has 2 aromatic rings. The van der Waals surface area contributed by atoms with Crippen LogP contribution in [0.15, 0.2) is 42.5 Å². The monoisotopic (exact) mass is 392 g/mol. The summed E-state index contributed by atoms with van der Waals surface area (Å²) in [6, 6.07) is 14.3. The summed E-state index contributed by atoms with van der Waals surface area (Å²) in [5.41, 5.74) is 4.41. The minimum atomic E-state index is 0.0252. The van der Waals surface area contributed by atoms with E-state index in [4.69, 9.17) is 4.74 Å². The number of rotatable bonds is 2. The first-order chi connectivity index (χ1) is 13.7. The van der Waals surface area contributed by atoms with Gasteiger partial charge in [0, 0.05) is 23.2 Å². The summed E-state index contributed by atoms with van der Waals surface area (Å²) in [5, 5.41) is 0. The molecule has 0 unspecified atom stereocenters. The summed E-state index contributed by atoms with van der Waals surface area (Å²) in [7, 11) is 3.88. The van der Waals surface area contributed by atoms with Gasteiger partial charge in [-0.1, -0.05) is 32.9 Å². The van der Waals surface area contributed by atoms with Crippen LogP contribution < -0.4 is 9.64 Å². The minimum Gasteiger partial charge on any atom is -0.497 e. The fraction of sp³-hybridized carbons (Fsp3) is 0.480. The predicted octanol–water partition coefficient (Wildman–Crippen LogP) is 4.62. The molecule has 29 heavy (non-hydrogen) atoms. The average molecular weight is 393 g/mol. The Morgan fingerprint density at radius 1 is 1.03 bits per heavy atom. The summed E-state index contributed by atoms with van der Waals surface area (Å²) in [5.74, 6) is 0.957. The standard InChI is InChI=1S/C25H32N2O2/c1-24(2,3)19-8-6-18(7-9-19)23(28)27-17-25(12-14-26(4)15-13-25)21-16-20(29-5)10-11-22(21)27/h6-11,16H,12-15,17H2,1-5H3. The molecular weight excluding hydrogens is 360 g/mol. The molecule has 0 radical (unpaired) electrons. The van der Waals surface area contributed by atoms with Crippen molar-refractivity contribution in [3.63, 3.8) is 0 Å². The van der Waals surface area contributed by atoms with Crippen molar-refractivity contribution in [1.82, 2.24) is 4.90 Å². The lowest BCUT2D eigenvalue weighted by Gasteiger charge is -2.38. The number of hydrogen-bond donors (Lipinski definition) is 0. The molecular formula is C25H32N2O2. The van der Waals surface area contributed by atoms with E-state index in [9.17, 15) is 4.79 Å². The van der Waals surface area contributed by atoms with Gasteiger partial charge in [0.15, 0.2) is 0 Å². The van der Waals surface area contributed by atoms with E-state index in [1.54, 1.807) is 7.11 Å². The second-order valence-corrected chi connectivity index (χ2v) is 9.69. The molecule has 2 aliphatic rings. The maximum absolute atomic E-state index is 13.5. The quantitative estimate of drug-likeness (QED) is 0.748. The van der Waals surface area contributed by atoms with Gasteiger partial charge in [0.05, 0.1) is 7.11 Å². The molecule has 4 rings (SSSR count). The third-order valence-corrected chi connectivity index (χ3v) is 6.71. The molecule has 1 fully saturated rings. The molecule has 4 nitrogen and oxygen atoms in total. The SMILES string of the molecule is COc1ccc2c(c1)C1(CCN(C)CC1)CN2C(=O)c1ccc(C(C)(C)C)cc1. The van der Waals surface area contributed by atoms with Crippen molar-refractivity contribution in [1.29, 1.82) is 0 Å². The van der Waals surface area contributed by atoms with Crippen LogP contribution in [0, 0.1) is 0 Å². The van der Waals surface area contributed by atoms with Gasteiger partial charge >= 0.3 is 0 Å². The summed E-state index contributed by atoms with van der Waals surface area (Å²) in [4.78, 5) is 17.9. The Labute approximate surface area is 174 Å². The van der Waals surface area contributed by atoms with Crippen LogP contribution in [0.25, 0.3) is 0 Å². The molecule has 4 heteroatoms. The Kier molecular flexibility index (Phi) is 4.94. The molecule has 1 amide bonds. The number of likely N-dealkylation sites (tertiary alicyclic amines) is 1. The van der Waals surface area contributed by atoms with Crippen LogP contribution in [0.5, 0.6) is 5.75 Å². The van der Waals surface area contributed by atoms with Crippen molar-refractivity contribution in [2.75, 3.05) is 38.7 Å². The van der Waals surface area contributed by atoms with Gasteiger partial charge in [-0.05, 0) is 79.9 Å². The summed E-state index contributed by atoms with van der Waals surface area (Å²) in [6.45, 7) is 9.44. The van der Waals surface area contributed by atoms with Crippen LogP contribution in [-0.4, -0.2) is 44.6 Å². The number of nitrogens with zero attached hydrogens (tertiary/aromatic N) is 2. The van der Waals surface area contributed by atoms with Crippen LogP contribution in [0.3, 0.4) is 0 Å². The van der Waals surface area contributed by atoms with Gasteiger partial charge in [-0.15, -0.1) is 0 Å². The third-order valence-electron chi connectivity index (χ3n) is 6.71. The van der Waals surface area contributed by atoms with Crippen LogP contribution >= 0.6 is 0 Å². The van der Waals surface area contributed by atoms with Crippen LogP contribution in [0.2, 0.25) is 0 Å². The molecule has 0 atom stereocenters. The van der Waals surface area contributed by atoms with Crippen molar-refractivity contribution in [3.05, 3.63) is 59.2 Å². The topological polar surface area (TPSA) is 32.8 Å². The van der Waals surface area contributed by atoms with Gasteiger partial charge in [-0.2, -0.15) is 0 Å². The van der Waals surface area contributed by atoms with Crippen molar-refractivity contribution >= 4 is 11.6 Å². The molecule has 1 saturated heterocycles. The van der Waals surface area contributed by atoms with Gasteiger partial charge in [0.1, 0.15) is 5.75 Å². The molecule has 0 N–H and O–H groups in total. The highest BCUT2D eigenvalue weighted by Crippen LogP contribution is 2.48. The van der Waals surface area contributed by atoms with Gasteiger partial charge < -0.3 is 14.5 Å². The number of hydrogen-bond acceptors (Lipinski definition) is 3. The first kappa shape index (κ1) is 20.0. The van der Waals surface area contributed by atoms with Crippen molar-refractivity contribution in [2.24, 2.45) is 0 Å². The molecule has 0 aromatic heterocycles. The van der Waals surface area contributed by atoms with Gasteiger partial charge in [-0.3, -0.25) is 4.79 Å². The number of benzene rings is 2. The molecule has 0 aliphatic carbocycles. The Balaban J connectivity index is 1.69. The zero-order chi connectivity index (χ0) is 20.8. The number of ether oxygens (including phenoxy) is 1. The molecule has 2 aliphatic heterocycles. The fourth-order valence-electron chi connectivity index (χ4n) is 4.70. The summed E-state index contributed by atoms with van der Waals surface area (Å²) < 4.78 is 5.51. The molecule has 0 bridgehead atoms. The van der Waals surface area contributed by atoms with Gasteiger partial charge in [0.2, 0.25) is 0 Å². The van der Waals surface area contributed by atoms with E-state index in [1.807, 2.05) is 23.1 Å². The number of carbonyl (C=O) groups is 1. The first-order valence-electron chi connectivity index (χ1n) is 10.5. The lowest BCUT2D eigenvalue weighted by molar-refractivity contribution is 0.0979. The normalized spacial score (nSPS) is 18.7. The zero-order valence-corrected chi connectivity index (χ0v) is 18.3. The Morgan fingerprint density at radius 2 is 1.69 bits per heavy atom. The molecule has 154 valence electrons. The molecule has 2 heterocycles. The number of carbonyl (C=O) groups excluding carboxylic acids is 1. The second-order valence-electron chi connectivity index (χ2n) is 9.69. The maximum atomic E-state index is 13.5. The number of amides is 1. The highest BCUT2D eigenvalue weighted by atomic mass is 16.5. The lowest BCUT2D eigenvalue weighted by atomic mass is 9.74. The van der Waals surface area contributed by atoms with E-state index in [2.05, 4.69) is 57.0 Å². The van der Waals surface area contributed by atoms with Crippen molar-refractivity contribution in [3.8, 4) is 5.75 Å². The van der Waals surface area contributed by atoms with Crippen LogP contribution in [-0.2, 0) is 10.8 Å². The Hall–Kier alpha value is -2.33. The van der Waals surface area contributed by atoms with Crippen molar-refractivity contribution < 1.29 is 9.53 Å². The molecule has 2 aromatic carbocycles. The predicted molar refractivity (Wildman–Crippen MR) is 118 cm³/mol.